The van der Waals surface area contributed by atoms with E-state index >= 15 is 0 Å². The monoisotopic (exact) mass is 245 g/mol. The Balaban J connectivity index is 2.10. The minimum atomic E-state index is 0.625. The van der Waals surface area contributed by atoms with Crippen molar-refractivity contribution in [3.05, 3.63) is 35.4 Å². The maximum Gasteiger partial charge on any atom is 0.250 e. The number of hydrogen-bond donors (Lipinski definition) is 1. The van der Waals surface area contributed by atoms with Gasteiger partial charge in [-0.1, -0.05) is 6.92 Å². The maximum atomic E-state index is 4.36. The molecule has 0 atom stereocenters. The zero-order valence-corrected chi connectivity index (χ0v) is 11.1. The van der Waals surface area contributed by atoms with Crippen LogP contribution in [0.2, 0.25) is 0 Å². The number of hydrogen-bond acceptors (Lipinski definition) is 4. The average Bonchev–Trinajstić information content (AvgIpc) is 2.70. The van der Waals surface area contributed by atoms with E-state index in [1.54, 1.807) is 4.68 Å². The summed E-state index contributed by atoms with van der Waals surface area (Å²) < 4.78 is 1.76. The van der Waals surface area contributed by atoms with Crippen molar-refractivity contribution in [3.8, 4) is 5.95 Å². The topological polar surface area (TPSA) is 55.6 Å². The van der Waals surface area contributed by atoms with Crippen molar-refractivity contribution in [2.75, 3.05) is 6.54 Å². The molecule has 0 radical (unpaired) electrons. The van der Waals surface area contributed by atoms with Crippen molar-refractivity contribution >= 4 is 0 Å². The van der Waals surface area contributed by atoms with Gasteiger partial charge in [0.1, 0.15) is 0 Å². The van der Waals surface area contributed by atoms with Crippen molar-refractivity contribution in [2.45, 2.75) is 33.7 Å². The Morgan fingerprint density at radius 3 is 2.50 bits per heavy atom. The van der Waals surface area contributed by atoms with Crippen molar-refractivity contribution in [2.24, 2.45) is 0 Å². The van der Waals surface area contributed by atoms with Gasteiger partial charge in [-0.05, 0) is 32.9 Å². The number of aromatic nitrogens is 4. The summed E-state index contributed by atoms with van der Waals surface area (Å²) in [7, 11) is 0. The molecular formula is C13H19N5. The van der Waals surface area contributed by atoms with Crippen LogP contribution in [-0.2, 0) is 6.54 Å². The summed E-state index contributed by atoms with van der Waals surface area (Å²) in [6.07, 6.45) is 4.83. The Bertz CT molecular complexity index is 501. The zero-order valence-electron chi connectivity index (χ0n) is 11.1. The highest BCUT2D eigenvalue weighted by Gasteiger charge is 2.05. The SMILES string of the molecule is CCCNCc1cnc(-n2nc(C)cc2C)nc1. The fourth-order valence-corrected chi connectivity index (χ4v) is 1.79. The lowest BCUT2D eigenvalue weighted by atomic mass is 10.3. The second-order valence-corrected chi connectivity index (χ2v) is 4.41. The van der Waals surface area contributed by atoms with E-state index in [0.29, 0.717) is 5.95 Å². The molecule has 0 aromatic carbocycles. The normalized spacial score (nSPS) is 10.8. The molecule has 2 aromatic heterocycles. The minimum Gasteiger partial charge on any atom is -0.313 e. The Kier molecular flexibility index (Phi) is 4.04. The van der Waals surface area contributed by atoms with Crippen molar-refractivity contribution in [1.29, 1.82) is 0 Å². The summed E-state index contributed by atoms with van der Waals surface area (Å²) >= 11 is 0. The second-order valence-electron chi connectivity index (χ2n) is 4.41. The zero-order chi connectivity index (χ0) is 13.0. The van der Waals surface area contributed by atoms with E-state index in [1.807, 2.05) is 32.3 Å². The molecule has 0 unspecified atom stereocenters. The van der Waals surface area contributed by atoms with E-state index in [1.165, 1.54) is 0 Å². The van der Waals surface area contributed by atoms with Gasteiger partial charge in [0.15, 0.2) is 0 Å². The van der Waals surface area contributed by atoms with Crippen LogP contribution < -0.4 is 5.32 Å². The molecule has 2 aromatic rings. The standard InChI is InChI=1S/C13H19N5/c1-4-5-14-7-12-8-15-13(16-9-12)18-11(3)6-10(2)17-18/h6,8-9,14H,4-5,7H2,1-3H3. The van der Waals surface area contributed by atoms with Gasteiger partial charge < -0.3 is 5.32 Å². The smallest absolute Gasteiger partial charge is 0.250 e. The molecule has 96 valence electrons. The first-order valence-corrected chi connectivity index (χ1v) is 6.26. The fraction of sp³-hybridized carbons (Fsp3) is 0.462. The summed E-state index contributed by atoms with van der Waals surface area (Å²) in [5.41, 5.74) is 3.11. The number of aryl methyl sites for hydroxylation is 2. The molecule has 0 saturated carbocycles. The van der Waals surface area contributed by atoms with Crippen LogP contribution in [0.5, 0.6) is 0 Å². The van der Waals surface area contributed by atoms with Gasteiger partial charge in [-0.3, -0.25) is 0 Å². The number of rotatable bonds is 5. The largest absolute Gasteiger partial charge is 0.313 e. The third kappa shape index (κ3) is 2.92. The molecule has 0 aliphatic carbocycles. The van der Waals surface area contributed by atoms with E-state index in [0.717, 1.165) is 36.5 Å². The first-order chi connectivity index (χ1) is 8.70. The predicted molar refractivity (Wildman–Crippen MR) is 70.6 cm³/mol. The molecule has 5 heteroatoms. The molecule has 2 heterocycles. The Morgan fingerprint density at radius 1 is 1.22 bits per heavy atom. The van der Waals surface area contributed by atoms with Crippen LogP contribution in [0.1, 0.15) is 30.3 Å². The molecular weight excluding hydrogens is 226 g/mol. The lowest BCUT2D eigenvalue weighted by Gasteiger charge is -2.05. The molecule has 0 amide bonds. The third-order valence-corrected chi connectivity index (χ3v) is 2.65. The Morgan fingerprint density at radius 2 is 1.94 bits per heavy atom. The minimum absolute atomic E-state index is 0.625. The van der Waals surface area contributed by atoms with Crippen molar-refractivity contribution in [1.82, 2.24) is 25.1 Å². The quantitative estimate of drug-likeness (QED) is 0.816. The van der Waals surface area contributed by atoms with E-state index in [9.17, 15) is 0 Å². The fourth-order valence-electron chi connectivity index (χ4n) is 1.79. The summed E-state index contributed by atoms with van der Waals surface area (Å²) in [4.78, 5) is 8.70. The third-order valence-electron chi connectivity index (χ3n) is 2.65. The highest BCUT2D eigenvalue weighted by Crippen LogP contribution is 2.07. The highest BCUT2D eigenvalue weighted by atomic mass is 15.3. The van der Waals surface area contributed by atoms with Gasteiger partial charge in [0, 0.05) is 30.2 Å². The van der Waals surface area contributed by atoms with Crippen LogP contribution in [0.4, 0.5) is 0 Å². The first kappa shape index (κ1) is 12.7. The van der Waals surface area contributed by atoms with Gasteiger partial charge in [0.2, 0.25) is 0 Å². The Hall–Kier alpha value is -1.75. The second kappa shape index (κ2) is 5.73. The van der Waals surface area contributed by atoms with Gasteiger partial charge >= 0.3 is 0 Å². The van der Waals surface area contributed by atoms with Gasteiger partial charge in [-0.15, -0.1) is 0 Å². The van der Waals surface area contributed by atoms with Gasteiger partial charge in [-0.2, -0.15) is 5.10 Å². The van der Waals surface area contributed by atoms with E-state index in [2.05, 4.69) is 27.3 Å². The molecule has 0 aliphatic rings. The van der Waals surface area contributed by atoms with Crippen LogP contribution >= 0.6 is 0 Å². The van der Waals surface area contributed by atoms with Crippen molar-refractivity contribution in [3.63, 3.8) is 0 Å². The van der Waals surface area contributed by atoms with E-state index in [4.69, 9.17) is 0 Å². The van der Waals surface area contributed by atoms with Crippen LogP contribution in [0, 0.1) is 13.8 Å². The lowest BCUT2D eigenvalue weighted by Crippen LogP contribution is -2.14. The molecule has 5 nitrogen and oxygen atoms in total. The van der Waals surface area contributed by atoms with Crippen molar-refractivity contribution < 1.29 is 0 Å². The summed E-state index contributed by atoms with van der Waals surface area (Å²) in [6, 6.07) is 2.01. The average molecular weight is 245 g/mol. The van der Waals surface area contributed by atoms with E-state index in [-0.39, 0.29) is 0 Å². The lowest BCUT2D eigenvalue weighted by molar-refractivity contribution is 0.669. The first-order valence-electron chi connectivity index (χ1n) is 6.26. The predicted octanol–water partition coefficient (Wildman–Crippen LogP) is 1.78. The summed E-state index contributed by atoms with van der Waals surface area (Å²) in [6.45, 7) is 7.94. The van der Waals surface area contributed by atoms with Crippen LogP contribution in [-0.4, -0.2) is 26.3 Å². The molecule has 0 aliphatic heterocycles. The van der Waals surface area contributed by atoms with Gasteiger partial charge in [-0.25, -0.2) is 14.6 Å². The molecule has 0 bridgehead atoms. The van der Waals surface area contributed by atoms with Gasteiger partial charge in [0.25, 0.3) is 5.95 Å². The number of nitrogens with one attached hydrogen (secondary N) is 1. The highest BCUT2D eigenvalue weighted by molar-refractivity contribution is 5.19. The molecule has 2 rings (SSSR count). The van der Waals surface area contributed by atoms with Crippen LogP contribution in [0.25, 0.3) is 5.95 Å². The number of nitrogens with zero attached hydrogens (tertiary/aromatic N) is 4. The van der Waals surface area contributed by atoms with E-state index < -0.39 is 0 Å². The molecule has 0 saturated heterocycles. The molecule has 18 heavy (non-hydrogen) atoms. The molecule has 1 N–H and O–H groups in total. The van der Waals surface area contributed by atoms with Crippen LogP contribution in [0.3, 0.4) is 0 Å². The molecule has 0 fully saturated rings. The Labute approximate surface area is 107 Å². The maximum absolute atomic E-state index is 4.36. The molecule has 0 spiro atoms. The summed E-state index contributed by atoms with van der Waals surface area (Å²) in [5.74, 6) is 0.625. The van der Waals surface area contributed by atoms with Crippen LogP contribution in [0.15, 0.2) is 18.5 Å². The van der Waals surface area contributed by atoms with Gasteiger partial charge in [0.05, 0.1) is 5.69 Å². The summed E-state index contributed by atoms with van der Waals surface area (Å²) in [5, 5.41) is 7.69.